The molecule has 0 spiro atoms. The number of carbonyl (C=O) groups is 3. The van der Waals surface area contributed by atoms with Gasteiger partial charge in [-0.25, -0.2) is 18.6 Å². The summed E-state index contributed by atoms with van der Waals surface area (Å²) in [7, 11) is 0. The molecule has 3 saturated heterocycles. The number of anilines is 2. The Balaban J connectivity index is 0.804. The molecule has 4 aromatic heterocycles. The predicted octanol–water partition coefficient (Wildman–Crippen LogP) is 11.2. The Morgan fingerprint density at radius 3 is 2.46 bits per heavy atom. The van der Waals surface area contributed by atoms with E-state index in [4.69, 9.17) is 45.5 Å². The molecular weight excluding hydrogens is 1090 g/mol. The van der Waals surface area contributed by atoms with Gasteiger partial charge >= 0.3 is 18.1 Å². The number of carbonyl (C=O) groups excluding carboxylic acids is 3. The quantitative estimate of drug-likeness (QED) is 0.0896. The zero-order chi connectivity index (χ0) is 57.7. The molecule has 5 aliphatic rings. The standard InChI is InChI=1S/C61H60ClF2N9O8S/c1-8-34-38-24-33(12-15-45(38)66-50-41(34)28-73-46(50)26-37-35(9-2)57(76)78-29-42(37)56(73)75)80-32(4)31(3)55(74)71-22-20-70(21-23-71)53-39-25-43(62)48(49(64)51(39)67-58(68-53)79-30-61-16-10-18-72(61)19-11-17-61)36-13-14-44(63)52-47(36)40(27-65)54(82-52)69-59(77)81-60(5,6)7/h12-15,24-26,32,35H,3,8-11,16-23,28-30H2,1-2,4-7H3,(H,69,77). The van der Waals surface area contributed by atoms with Gasteiger partial charge in [0.25, 0.3) is 11.5 Å². The topological polar surface area (TPSA) is 194 Å². The SMILES string of the molecule is C=C(C(=O)N1CCN(c2nc(OCC34CCCN3CCC4)nc3c(F)c(-c4ccc(F)c5sc(NC(=O)OC(C)(C)C)c(C#N)c45)c(Cl)cc23)CC1)C(C)Oc1ccc2nc3c(c(CC)c2c1)Cn1c-3cc2c(c1=O)COC(=O)C2CC. The predicted molar refractivity (Wildman–Crippen MR) is 309 cm³/mol. The maximum Gasteiger partial charge on any atom is 0.412 e. The van der Waals surface area contributed by atoms with Gasteiger partial charge in [0.2, 0.25) is 0 Å². The van der Waals surface area contributed by atoms with Crippen LogP contribution in [0.25, 0.3) is 54.4 Å². The second kappa shape index (κ2) is 20.9. The van der Waals surface area contributed by atoms with Crippen LogP contribution >= 0.6 is 22.9 Å². The van der Waals surface area contributed by atoms with Crippen molar-refractivity contribution in [3.8, 4) is 40.3 Å². The molecule has 2 amide bonds. The first-order chi connectivity index (χ1) is 39.3. The minimum atomic E-state index is -0.859. The van der Waals surface area contributed by atoms with Crippen molar-refractivity contribution in [1.82, 2.24) is 29.3 Å². The van der Waals surface area contributed by atoms with Crippen molar-refractivity contribution < 1.29 is 42.1 Å². The number of hydrogen-bond acceptors (Lipinski definition) is 15. The van der Waals surface area contributed by atoms with Crippen LogP contribution in [0.3, 0.4) is 0 Å². The third-order valence-corrected chi connectivity index (χ3v) is 18.2. The number of rotatable bonds is 12. The number of fused-ring (bicyclic) bond motifs is 8. The zero-order valence-corrected chi connectivity index (χ0v) is 48.0. The Kier molecular flexibility index (Phi) is 14.0. The minimum Gasteiger partial charge on any atom is -0.486 e. The number of nitriles is 1. The number of pyridine rings is 2. The molecule has 1 N–H and O–H groups in total. The van der Waals surface area contributed by atoms with E-state index in [9.17, 15) is 24.4 Å². The van der Waals surface area contributed by atoms with Crippen LogP contribution in [-0.4, -0.2) is 110 Å². The van der Waals surface area contributed by atoms with Crippen molar-refractivity contribution >= 4 is 83.6 Å². The van der Waals surface area contributed by atoms with Gasteiger partial charge in [0.05, 0.1) is 55.8 Å². The monoisotopic (exact) mass is 1150 g/mol. The van der Waals surface area contributed by atoms with E-state index in [-0.39, 0.29) is 115 Å². The number of hydrogen-bond donors (Lipinski definition) is 1. The average Bonchev–Trinajstić information content (AvgIpc) is 2.40. The van der Waals surface area contributed by atoms with Crippen LogP contribution in [0.1, 0.15) is 107 Å². The fourth-order valence-corrected chi connectivity index (χ4v) is 14.1. The molecule has 0 radical (unpaired) electrons. The van der Waals surface area contributed by atoms with Gasteiger partial charge in [0.15, 0.2) is 5.82 Å². The number of aryl methyl sites for hydroxylation is 1. The molecule has 0 aliphatic carbocycles. The first-order valence-electron chi connectivity index (χ1n) is 27.8. The molecule has 5 aliphatic heterocycles. The van der Waals surface area contributed by atoms with Crippen molar-refractivity contribution in [2.75, 3.05) is 56.1 Å². The number of nitrogens with zero attached hydrogens (tertiary/aromatic N) is 8. The Bertz CT molecular complexity index is 3980. The second-order valence-electron chi connectivity index (χ2n) is 22.8. The average molecular weight is 1150 g/mol. The molecule has 21 heteroatoms. The van der Waals surface area contributed by atoms with Gasteiger partial charge in [-0.05, 0) is 132 Å². The Hall–Kier alpha value is -7.73. The van der Waals surface area contributed by atoms with E-state index in [2.05, 4.69) is 29.8 Å². The summed E-state index contributed by atoms with van der Waals surface area (Å²) in [5.41, 5.74) is 4.10. The maximum atomic E-state index is 17.7. The smallest absolute Gasteiger partial charge is 0.412 e. The highest BCUT2D eigenvalue weighted by Crippen LogP contribution is 2.48. The molecule has 0 saturated carbocycles. The van der Waals surface area contributed by atoms with Gasteiger partial charge in [0, 0.05) is 59.0 Å². The summed E-state index contributed by atoms with van der Waals surface area (Å²) in [6.07, 6.45) is 3.56. The van der Waals surface area contributed by atoms with Crippen LogP contribution in [0.5, 0.6) is 11.8 Å². The van der Waals surface area contributed by atoms with E-state index in [0.29, 0.717) is 54.4 Å². The molecule has 0 bridgehead atoms. The number of ether oxygens (including phenoxy) is 4. The van der Waals surface area contributed by atoms with E-state index in [1.54, 1.807) is 49.3 Å². The van der Waals surface area contributed by atoms with Gasteiger partial charge in [-0.2, -0.15) is 15.2 Å². The molecule has 424 valence electrons. The first kappa shape index (κ1) is 54.8. The molecular formula is C61H60ClF2N9O8S. The molecule has 9 heterocycles. The van der Waals surface area contributed by atoms with Gasteiger partial charge in [-0.15, -0.1) is 11.3 Å². The number of halogens is 3. The Labute approximate surface area is 480 Å². The van der Waals surface area contributed by atoms with Gasteiger partial charge < -0.3 is 33.3 Å². The van der Waals surface area contributed by atoms with E-state index in [1.807, 2.05) is 30.0 Å². The van der Waals surface area contributed by atoms with E-state index >= 15 is 8.78 Å². The first-order valence-corrected chi connectivity index (χ1v) is 29.0. The minimum absolute atomic E-state index is 0.00445. The number of esters is 1. The summed E-state index contributed by atoms with van der Waals surface area (Å²) in [5, 5.41) is 14.2. The van der Waals surface area contributed by atoms with Gasteiger partial charge in [0.1, 0.15) is 58.9 Å². The van der Waals surface area contributed by atoms with E-state index in [1.165, 1.54) is 6.07 Å². The summed E-state index contributed by atoms with van der Waals surface area (Å²) in [6, 6.07) is 13.6. The molecule has 17 nitrogen and oxygen atoms in total. The lowest BCUT2D eigenvalue weighted by molar-refractivity contribution is -0.148. The van der Waals surface area contributed by atoms with Crippen LogP contribution in [-0.2, 0) is 38.6 Å². The summed E-state index contributed by atoms with van der Waals surface area (Å²) in [5.74, 6) is -1.80. The van der Waals surface area contributed by atoms with Crippen molar-refractivity contribution in [2.24, 2.45) is 0 Å². The lowest BCUT2D eigenvalue weighted by Crippen LogP contribution is -2.50. The Morgan fingerprint density at radius 2 is 1.76 bits per heavy atom. The summed E-state index contributed by atoms with van der Waals surface area (Å²) < 4.78 is 58.9. The highest BCUT2D eigenvalue weighted by Gasteiger charge is 2.45. The third kappa shape index (κ3) is 9.34. The van der Waals surface area contributed by atoms with Gasteiger partial charge in [-0.1, -0.05) is 38.1 Å². The van der Waals surface area contributed by atoms with Crippen LogP contribution < -0.4 is 25.2 Å². The maximum absolute atomic E-state index is 17.7. The largest absolute Gasteiger partial charge is 0.486 e. The number of aromatic nitrogens is 4. The highest BCUT2D eigenvalue weighted by atomic mass is 35.5. The molecule has 12 rings (SSSR count). The van der Waals surface area contributed by atoms with Crippen LogP contribution in [0.2, 0.25) is 5.02 Å². The fourth-order valence-electron chi connectivity index (χ4n) is 12.8. The zero-order valence-electron chi connectivity index (χ0n) is 46.4. The summed E-state index contributed by atoms with van der Waals surface area (Å²) in [4.78, 5) is 74.5. The van der Waals surface area contributed by atoms with Crippen molar-refractivity contribution in [3.05, 3.63) is 109 Å². The highest BCUT2D eigenvalue weighted by molar-refractivity contribution is 7.23. The number of benzene rings is 3. The molecule has 82 heavy (non-hydrogen) atoms. The van der Waals surface area contributed by atoms with E-state index in [0.717, 1.165) is 83.9 Å². The molecule has 2 unspecified atom stereocenters. The van der Waals surface area contributed by atoms with Crippen LogP contribution in [0.4, 0.5) is 24.4 Å². The number of piperazine rings is 1. The van der Waals surface area contributed by atoms with Crippen LogP contribution in [0, 0.1) is 23.0 Å². The second-order valence-corrected chi connectivity index (χ2v) is 24.2. The molecule has 3 aromatic carbocycles. The summed E-state index contributed by atoms with van der Waals surface area (Å²) >= 11 is 7.92. The Morgan fingerprint density at radius 1 is 1.00 bits per heavy atom. The normalized spacial score (nSPS) is 17.8. The van der Waals surface area contributed by atoms with Crippen LogP contribution in [0.15, 0.2) is 59.4 Å². The fraction of sp³-hybridized carbons (Fsp3) is 0.410. The lowest BCUT2D eigenvalue weighted by atomic mass is 9.90. The number of thiophene rings is 1. The van der Waals surface area contributed by atoms with Crippen molar-refractivity contribution in [3.63, 3.8) is 0 Å². The van der Waals surface area contributed by atoms with Crippen molar-refractivity contribution in [2.45, 2.75) is 116 Å². The number of amides is 2. The van der Waals surface area contributed by atoms with Gasteiger partial charge in [-0.3, -0.25) is 24.6 Å². The molecule has 3 fully saturated rings. The molecule has 2 atom stereocenters. The lowest BCUT2D eigenvalue weighted by Gasteiger charge is -2.37. The number of cyclic esters (lactones) is 1. The third-order valence-electron chi connectivity index (χ3n) is 16.8. The summed E-state index contributed by atoms with van der Waals surface area (Å²) in [6.45, 7) is 18.6. The van der Waals surface area contributed by atoms with E-state index < -0.39 is 35.4 Å². The number of nitrogens with one attached hydrogen (secondary N) is 1. The van der Waals surface area contributed by atoms with Crippen molar-refractivity contribution in [1.29, 1.82) is 5.26 Å². The molecule has 7 aromatic rings.